The van der Waals surface area contributed by atoms with Gasteiger partial charge in [-0.05, 0) is 17.7 Å². The molecule has 0 saturated heterocycles. The SMILES string of the molecule is O=C(O)c1ccc(CN2CCn3c(n[nH]c3=O)C2)cc1. The average molecular weight is 274 g/mol. The Balaban J connectivity index is 1.70. The van der Waals surface area contributed by atoms with Crippen molar-refractivity contribution < 1.29 is 9.90 Å². The van der Waals surface area contributed by atoms with Gasteiger partial charge in [0, 0.05) is 19.6 Å². The van der Waals surface area contributed by atoms with E-state index in [4.69, 9.17) is 5.11 Å². The monoisotopic (exact) mass is 274 g/mol. The van der Waals surface area contributed by atoms with Gasteiger partial charge in [-0.25, -0.2) is 14.7 Å². The largest absolute Gasteiger partial charge is 0.478 e. The number of benzene rings is 1. The summed E-state index contributed by atoms with van der Waals surface area (Å²) < 4.78 is 1.64. The number of H-pyrrole nitrogens is 1. The Labute approximate surface area is 114 Å². The van der Waals surface area contributed by atoms with E-state index in [0.29, 0.717) is 19.6 Å². The Bertz CT molecular complexity index is 686. The molecule has 0 spiro atoms. The second kappa shape index (κ2) is 4.93. The van der Waals surface area contributed by atoms with Crippen LogP contribution in [0.15, 0.2) is 29.1 Å². The number of aromatic amines is 1. The molecular formula is C13H14N4O3. The highest BCUT2D eigenvalue weighted by Crippen LogP contribution is 2.12. The molecule has 1 aliphatic rings. The lowest BCUT2D eigenvalue weighted by Gasteiger charge is -2.26. The van der Waals surface area contributed by atoms with Gasteiger partial charge < -0.3 is 5.11 Å². The summed E-state index contributed by atoms with van der Waals surface area (Å²) in [5.74, 6) is -0.182. The summed E-state index contributed by atoms with van der Waals surface area (Å²) in [4.78, 5) is 24.4. The molecule has 0 bridgehead atoms. The van der Waals surface area contributed by atoms with Gasteiger partial charge in [-0.3, -0.25) is 9.47 Å². The van der Waals surface area contributed by atoms with Crippen molar-refractivity contribution >= 4 is 5.97 Å². The smallest absolute Gasteiger partial charge is 0.343 e. The summed E-state index contributed by atoms with van der Waals surface area (Å²) in [5, 5.41) is 15.3. The van der Waals surface area contributed by atoms with E-state index in [1.807, 2.05) is 12.1 Å². The van der Waals surface area contributed by atoms with Crippen LogP contribution in [-0.4, -0.2) is 37.3 Å². The molecule has 104 valence electrons. The average Bonchev–Trinajstić information content (AvgIpc) is 2.81. The fourth-order valence-electron chi connectivity index (χ4n) is 2.37. The zero-order valence-electron chi connectivity index (χ0n) is 10.7. The van der Waals surface area contributed by atoms with Gasteiger partial charge in [0.15, 0.2) is 0 Å². The molecule has 0 saturated carbocycles. The molecule has 1 aliphatic heterocycles. The van der Waals surface area contributed by atoms with Gasteiger partial charge in [0.25, 0.3) is 0 Å². The number of carboxylic acid groups (broad SMARTS) is 1. The zero-order valence-corrected chi connectivity index (χ0v) is 10.7. The standard InChI is InChI=1S/C13H14N4O3/c18-12(19)10-3-1-9(2-4-10)7-16-5-6-17-11(8-16)14-15-13(17)20/h1-4H,5-8H2,(H,15,20)(H,18,19). The molecule has 2 heterocycles. The summed E-state index contributed by atoms with van der Waals surface area (Å²) in [5.41, 5.74) is 1.17. The van der Waals surface area contributed by atoms with E-state index >= 15 is 0 Å². The van der Waals surface area contributed by atoms with Crippen LogP contribution in [0.3, 0.4) is 0 Å². The van der Waals surface area contributed by atoms with Gasteiger partial charge in [0.2, 0.25) is 0 Å². The van der Waals surface area contributed by atoms with Crippen LogP contribution in [0, 0.1) is 0 Å². The second-order valence-electron chi connectivity index (χ2n) is 4.81. The number of carboxylic acids is 1. The third-order valence-corrected chi connectivity index (χ3v) is 3.45. The fourth-order valence-corrected chi connectivity index (χ4v) is 2.37. The predicted molar refractivity (Wildman–Crippen MR) is 70.4 cm³/mol. The van der Waals surface area contributed by atoms with E-state index in [1.54, 1.807) is 16.7 Å². The molecule has 2 aromatic rings. The van der Waals surface area contributed by atoms with E-state index in [1.165, 1.54) is 0 Å². The van der Waals surface area contributed by atoms with Crippen LogP contribution >= 0.6 is 0 Å². The first kappa shape index (κ1) is 12.6. The van der Waals surface area contributed by atoms with Crippen molar-refractivity contribution in [2.75, 3.05) is 6.54 Å². The molecule has 0 aliphatic carbocycles. The van der Waals surface area contributed by atoms with Gasteiger partial charge in [0.1, 0.15) is 5.82 Å². The first-order chi connectivity index (χ1) is 9.63. The molecule has 0 radical (unpaired) electrons. The minimum absolute atomic E-state index is 0.162. The lowest BCUT2D eigenvalue weighted by Crippen LogP contribution is -2.36. The first-order valence-electron chi connectivity index (χ1n) is 6.32. The summed E-state index contributed by atoms with van der Waals surface area (Å²) in [7, 11) is 0. The van der Waals surface area contributed by atoms with E-state index in [9.17, 15) is 9.59 Å². The number of aromatic carboxylic acids is 1. The Morgan fingerprint density at radius 2 is 2.05 bits per heavy atom. The third-order valence-electron chi connectivity index (χ3n) is 3.45. The van der Waals surface area contributed by atoms with Crippen LogP contribution in [0.2, 0.25) is 0 Å². The van der Waals surface area contributed by atoms with Crippen molar-refractivity contribution in [1.82, 2.24) is 19.7 Å². The molecule has 7 heteroatoms. The molecule has 0 amide bonds. The van der Waals surface area contributed by atoms with Gasteiger partial charge in [-0.1, -0.05) is 12.1 Å². The van der Waals surface area contributed by atoms with E-state index in [-0.39, 0.29) is 11.3 Å². The van der Waals surface area contributed by atoms with Crippen LogP contribution in [0.5, 0.6) is 0 Å². The molecule has 20 heavy (non-hydrogen) atoms. The highest BCUT2D eigenvalue weighted by Gasteiger charge is 2.19. The highest BCUT2D eigenvalue weighted by atomic mass is 16.4. The van der Waals surface area contributed by atoms with Crippen LogP contribution in [0.4, 0.5) is 0 Å². The minimum Gasteiger partial charge on any atom is -0.478 e. The zero-order chi connectivity index (χ0) is 14.1. The number of nitrogens with one attached hydrogen (secondary N) is 1. The number of carbonyl (C=O) groups is 1. The Morgan fingerprint density at radius 3 is 2.75 bits per heavy atom. The van der Waals surface area contributed by atoms with Crippen LogP contribution in [0.1, 0.15) is 21.7 Å². The second-order valence-corrected chi connectivity index (χ2v) is 4.81. The van der Waals surface area contributed by atoms with E-state index in [2.05, 4.69) is 15.1 Å². The highest BCUT2D eigenvalue weighted by molar-refractivity contribution is 5.87. The maximum Gasteiger partial charge on any atom is 0.343 e. The van der Waals surface area contributed by atoms with E-state index < -0.39 is 5.97 Å². The summed E-state index contributed by atoms with van der Waals surface area (Å²) >= 11 is 0. The van der Waals surface area contributed by atoms with Crippen molar-refractivity contribution in [3.8, 4) is 0 Å². The molecule has 7 nitrogen and oxygen atoms in total. The molecular weight excluding hydrogens is 260 g/mol. The Kier molecular flexibility index (Phi) is 3.11. The first-order valence-corrected chi connectivity index (χ1v) is 6.32. The van der Waals surface area contributed by atoms with Crippen LogP contribution < -0.4 is 5.69 Å². The minimum atomic E-state index is -0.921. The fraction of sp³-hybridized carbons (Fsp3) is 0.308. The molecule has 0 unspecified atom stereocenters. The van der Waals surface area contributed by atoms with Gasteiger partial charge in [0.05, 0.1) is 12.1 Å². The lowest BCUT2D eigenvalue weighted by atomic mass is 10.1. The van der Waals surface area contributed by atoms with Crippen LogP contribution in [-0.2, 0) is 19.6 Å². The molecule has 2 N–H and O–H groups in total. The van der Waals surface area contributed by atoms with Gasteiger partial charge >= 0.3 is 11.7 Å². The van der Waals surface area contributed by atoms with E-state index in [0.717, 1.165) is 17.9 Å². The number of nitrogens with zero attached hydrogens (tertiary/aromatic N) is 3. The Hall–Kier alpha value is -2.41. The number of hydrogen-bond acceptors (Lipinski definition) is 4. The van der Waals surface area contributed by atoms with Crippen LogP contribution in [0.25, 0.3) is 0 Å². The molecule has 3 rings (SSSR count). The van der Waals surface area contributed by atoms with Crippen molar-refractivity contribution in [2.45, 2.75) is 19.6 Å². The van der Waals surface area contributed by atoms with Gasteiger partial charge in [-0.15, -0.1) is 0 Å². The predicted octanol–water partition coefficient (Wildman–Crippen LogP) is 0.285. The maximum atomic E-state index is 11.4. The van der Waals surface area contributed by atoms with Gasteiger partial charge in [-0.2, -0.15) is 5.10 Å². The lowest BCUT2D eigenvalue weighted by molar-refractivity contribution is 0.0697. The molecule has 1 aromatic heterocycles. The molecule has 0 atom stereocenters. The topological polar surface area (TPSA) is 91.2 Å². The number of aromatic nitrogens is 3. The molecule has 0 fully saturated rings. The summed E-state index contributed by atoms with van der Waals surface area (Å²) in [6.07, 6.45) is 0. The van der Waals surface area contributed by atoms with Crippen molar-refractivity contribution in [2.24, 2.45) is 0 Å². The normalized spacial score (nSPS) is 15.0. The number of rotatable bonds is 3. The number of hydrogen-bond donors (Lipinski definition) is 2. The summed E-state index contributed by atoms with van der Waals surface area (Å²) in [6, 6.07) is 6.84. The quantitative estimate of drug-likeness (QED) is 0.839. The van der Waals surface area contributed by atoms with Crippen molar-refractivity contribution in [3.63, 3.8) is 0 Å². The van der Waals surface area contributed by atoms with Crippen molar-refractivity contribution in [3.05, 3.63) is 51.7 Å². The third kappa shape index (κ3) is 2.35. The number of fused-ring (bicyclic) bond motifs is 1. The summed E-state index contributed by atoms with van der Waals surface area (Å²) in [6.45, 7) is 2.71. The Morgan fingerprint density at radius 1 is 1.30 bits per heavy atom. The molecule has 1 aromatic carbocycles. The maximum absolute atomic E-state index is 11.4. The van der Waals surface area contributed by atoms with Crippen molar-refractivity contribution in [1.29, 1.82) is 0 Å².